The lowest BCUT2D eigenvalue weighted by Gasteiger charge is -2.30. The second-order valence-corrected chi connectivity index (χ2v) is 4.28. The van der Waals surface area contributed by atoms with Gasteiger partial charge in [0.1, 0.15) is 0 Å². The lowest BCUT2D eigenvalue weighted by molar-refractivity contribution is 0.0405. The highest BCUT2D eigenvalue weighted by Gasteiger charge is 2.24. The Morgan fingerprint density at radius 3 is 3.06 bits per heavy atom. The maximum atomic E-state index is 10.9. The second-order valence-electron chi connectivity index (χ2n) is 4.28. The average molecular weight is 242 g/mol. The van der Waals surface area contributed by atoms with E-state index in [0.717, 1.165) is 19.4 Å². The minimum absolute atomic E-state index is 0.176. The van der Waals surface area contributed by atoms with Crippen LogP contribution in [0.4, 0.5) is 4.79 Å². The number of rotatable bonds is 5. The number of carbonyl (C=O) groups is 1. The molecule has 0 aromatic heterocycles. The molecule has 1 heterocycles. The first kappa shape index (κ1) is 13.6. The summed E-state index contributed by atoms with van der Waals surface area (Å²) in [6.45, 7) is 1.63. The van der Waals surface area contributed by atoms with Crippen molar-refractivity contribution in [2.75, 3.05) is 26.8 Å². The zero-order valence-corrected chi connectivity index (χ0v) is 9.95. The number of likely N-dealkylation sites (N-methyl/N-ethyl adjacent to an activating group) is 1. The molecule has 0 spiro atoms. The maximum absolute atomic E-state index is 10.9. The van der Waals surface area contributed by atoms with Gasteiger partial charge in [0.25, 0.3) is 0 Å². The normalized spacial score (nSPS) is 21.4. The zero-order valence-electron chi connectivity index (χ0n) is 9.95. The van der Waals surface area contributed by atoms with Crippen molar-refractivity contribution < 1.29 is 14.6 Å². The van der Waals surface area contributed by atoms with Gasteiger partial charge in [-0.15, -0.1) is 0 Å². The molecule has 0 saturated carbocycles. The molecule has 0 aliphatic carbocycles. The molecular weight excluding hydrogens is 224 g/mol. The van der Waals surface area contributed by atoms with Gasteiger partial charge in [-0.2, -0.15) is 0 Å². The molecule has 0 aromatic rings. The molecule has 2 atom stereocenters. The third-order valence-corrected chi connectivity index (χ3v) is 3.07. The van der Waals surface area contributed by atoms with E-state index in [1.54, 1.807) is 0 Å². The van der Waals surface area contributed by atoms with E-state index in [1.165, 1.54) is 11.9 Å². The van der Waals surface area contributed by atoms with Crippen molar-refractivity contribution >= 4 is 6.09 Å². The maximum Gasteiger partial charge on any atom is 0.407 e. The third kappa shape index (κ3) is 4.50. The highest BCUT2D eigenvalue weighted by molar-refractivity contribution is 5.65. The molecule has 1 N–H and O–H groups in total. The van der Waals surface area contributed by atoms with Crippen LogP contribution in [-0.4, -0.2) is 48.9 Å². The summed E-state index contributed by atoms with van der Waals surface area (Å²) in [5.74, 6) is 0.351. The Morgan fingerprint density at radius 2 is 2.53 bits per heavy atom. The van der Waals surface area contributed by atoms with Crippen LogP contribution < -0.4 is 0 Å². The fourth-order valence-corrected chi connectivity index (χ4v) is 2.02. The highest BCUT2D eigenvalue weighted by Crippen LogP contribution is 2.21. The molecule has 7 heteroatoms. The predicted molar refractivity (Wildman–Crippen MR) is 61.7 cm³/mol. The average Bonchev–Trinajstić information content (AvgIpc) is 2.34. The molecule has 96 valence electrons. The van der Waals surface area contributed by atoms with Crippen LogP contribution in [0.5, 0.6) is 0 Å². The van der Waals surface area contributed by atoms with Gasteiger partial charge in [-0.05, 0) is 30.7 Å². The van der Waals surface area contributed by atoms with Crippen LogP contribution in [0.3, 0.4) is 0 Å². The Hall–Kier alpha value is -1.46. The van der Waals surface area contributed by atoms with Crippen molar-refractivity contribution in [2.45, 2.75) is 25.3 Å². The lowest BCUT2D eigenvalue weighted by atomic mass is 9.94. The highest BCUT2D eigenvalue weighted by atomic mass is 16.5. The summed E-state index contributed by atoms with van der Waals surface area (Å²) < 4.78 is 5.36. The quantitative estimate of drug-likeness (QED) is 0.454. The van der Waals surface area contributed by atoms with E-state index in [-0.39, 0.29) is 12.6 Å². The molecular formula is C10H18N4O3. The summed E-state index contributed by atoms with van der Waals surface area (Å²) in [4.78, 5) is 14.8. The smallest absolute Gasteiger partial charge is 0.407 e. The number of azide groups is 1. The number of nitrogens with zero attached hydrogens (tertiary/aromatic N) is 4. The van der Waals surface area contributed by atoms with Gasteiger partial charge in [0, 0.05) is 37.8 Å². The summed E-state index contributed by atoms with van der Waals surface area (Å²) in [5, 5.41) is 12.4. The summed E-state index contributed by atoms with van der Waals surface area (Å²) in [6, 6.07) is -0.268. The van der Waals surface area contributed by atoms with E-state index in [0.29, 0.717) is 18.9 Å². The molecule has 7 nitrogen and oxygen atoms in total. The van der Waals surface area contributed by atoms with Crippen molar-refractivity contribution in [3.8, 4) is 0 Å². The summed E-state index contributed by atoms with van der Waals surface area (Å²) >= 11 is 0. The van der Waals surface area contributed by atoms with E-state index in [2.05, 4.69) is 10.0 Å². The minimum Gasteiger partial charge on any atom is -0.465 e. The number of hydrogen-bond donors (Lipinski definition) is 1. The van der Waals surface area contributed by atoms with Crippen LogP contribution in [0.2, 0.25) is 0 Å². The molecule has 0 aromatic carbocycles. The van der Waals surface area contributed by atoms with Gasteiger partial charge in [-0.25, -0.2) is 4.79 Å². The fraction of sp³-hybridized carbons (Fsp3) is 0.900. The van der Waals surface area contributed by atoms with Crippen LogP contribution in [0, 0.1) is 5.92 Å². The third-order valence-electron chi connectivity index (χ3n) is 3.07. The van der Waals surface area contributed by atoms with Gasteiger partial charge in [0.2, 0.25) is 0 Å². The molecule has 1 fully saturated rings. The number of carboxylic acid groups (broad SMARTS) is 1. The Labute approximate surface area is 100.0 Å². The van der Waals surface area contributed by atoms with Gasteiger partial charge in [0.05, 0.1) is 0 Å². The van der Waals surface area contributed by atoms with E-state index >= 15 is 0 Å². The van der Waals surface area contributed by atoms with Crippen molar-refractivity contribution in [3.05, 3.63) is 10.4 Å². The zero-order chi connectivity index (χ0) is 12.7. The van der Waals surface area contributed by atoms with Crippen molar-refractivity contribution in [1.82, 2.24) is 4.90 Å². The topological polar surface area (TPSA) is 98.5 Å². The summed E-state index contributed by atoms with van der Waals surface area (Å²) in [7, 11) is 1.50. The first-order valence-electron chi connectivity index (χ1n) is 5.69. The van der Waals surface area contributed by atoms with Crippen LogP contribution in [0.25, 0.3) is 10.4 Å². The van der Waals surface area contributed by atoms with Gasteiger partial charge in [-0.3, -0.25) is 0 Å². The summed E-state index contributed by atoms with van der Waals surface area (Å²) in [5.41, 5.74) is 8.31. The van der Waals surface area contributed by atoms with Crippen molar-refractivity contribution in [3.63, 3.8) is 0 Å². The monoisotopic (exact) mass is 242 g/mol. The second kappa shape index (κ2) is 6.98. The van der Waals surface area contributed by atoms with Crippen molar-refractivity contribution in [2.24, 2.45) is 11.0 Å². The standard InChI is InChI=1S/C10H18N4O3/c1-14(10(15)16)9(6-12-13-11)5-8-3-2-4-17-7-8/h8-9H,2-7H2,1H3,(H,15,16)/t8-,9+/m1/s1. The van der Waals surface area contributed by atoms with Gasteiger partial charge >= 0.3 is 6.09 Å². The molecule has 0 bridgehead atoms. The molecule has 0 unspecified atom stereocenters. The lowest BCUT2D eigenvalue weighted by Crippen LogP contribution is -2.40. The van der Waals surface area contributed by atoms with E-state index in [9.17, 15) is 4.79 Å². The van der Waals surface area contributed by atoms with Gasteiger partial charge < -0.3 is 14.7 Å². The van der Waals surface area contributed by atoms with Gasteiger partial charge in [0.15, 0.2) is 0 Å². The number of amides is 1. The Kier molecular flexibility index (Phi) is 5.59. The minimum atomic E-state index is -1.00. The summed E-state index contributed by atoms with van der Waals surface area (Å²) in [6.07, 6.45) is 1.73. The predicted octanol–water partition coefficient (Wildman–Crippen LogP) is 2.09. The Balaban J connectivity index is 2.54. The molecule has 1 aliphatic heterocycles. The SMILES string of the molecule is CN(C(=O)O)[C@H](CN=[N+]=[N-])C[C@H]1CCCOC1. The first-order valence-corrected chi connectivity index (χ1v) is 5.69. The Bertz CT molecular complexity index is 298. The molecule has 1 saturated heterocycles. The molecule has 17 heavy (non-hydrogen) atoms. The largest absolute Gasteiger partial charge is 0.465 e. The van der Waals surface area contributed by atoms with Crippen molar-refractivity contribution in [1.29, 1.82) is 0 Å². The molecule has 1 rings (SSSR count). The first-order chi connectivity index (χ1) is 8.15. The number of ether oxygens (including phenoxy) is 1. The van der Waals surface area contributed by atoms with Crippen LogP contribution >= 0.6 is 0 Å². The number of hydrogen-bond acceptors (Lipinski definition) is 3. The van der Waals surface area contributed by atoms with Gasteiger partial charge in [-0.1, -0.05) is 5.11 Å². The molecule has 0 radical (unpaired) electrons. The van der Waals surface area contributed by atoms with E-state index < -0.39 is 6.09 Å². The van der Waals surface area contributed by atoms with Crippen LogP contribution in [0.1, 0.15) is 19.3 Å². The van der Waals surface area contributed by atoms with E-state index in [4.69, 9.17) is 15.4 Å². The fourth-order valence-electron chi connectivity index (χ4n) is 2.02. The van der Waals surface area contributed by atoms with Crippen LogP contribution in [0.15, 0.2) is 5.11 Å². The molecule has 1 aliphatic rings. The van der Waals surface area contributed by atoms with Crippen LogP contribution in [-0.2, 0) is 4.74 Å². The molecule has 1 amide bonds. The Morgan fingerprint density at radius 1 is 1.76 bits per heavy atom. The van der Waals surface area contributed by atoms with E-state index in [1.807, 2.05) is 0 Å².